The number of rotatable bonds is 8. The molecule has 0 bridgehead atoms. The Hall–Kier alpha value is -0.160. The summed E-state index contributed by atoms with van der Waals surface area (Å²) in [6, 6.07) is 0.381. The zero-order valence-corrected chi connectivity index (χ0v) is 15.3. The van der Waals surface area contributed by atoms with E-state index in [-0.39, 0.29) is 11.2 Å². The van der Waals surface area contributed by atoms with Gasteiger partial charge < -0.3 is 19.7 Å². The molecule has 0 aromatic heterocycles. The quantitative estimate of drug-likeness (QED) is 0.747. The molecule has 0 aliphatic carbocycles. The summed E-state index contributed by atoms with van der Waals surface area (Å²) < 4.78 is 12.0. The fraction of sp³-hybridized carbons (Fsp3) is 1.00. The molecule has 1 fully saturated rings. The van der Waals surface area contributed by atoms with Gasteiger partial charge in [0.05, 0.1) is 23.9 Å². The Kier molecular flexibility index (Phi) is 6.66. The number of nitrogens with zero attached hydrogens (tertiary/aromatic N) is 1. The molecule has 0 radical (unpaired) electrons. The molecular weight excluding hydrogens is 264 g/mol. The average molecular weight is 300 g/mol. The lowest BCUT2D eigenvalue weighted by molar-refractivity contribution is -0.0795. The Balaban J connectivity index is 2.64. The van der Waals surface area contributed by atoms with Gasteiger partial charge in [-0.2, -0.15) is 0 Å². The van der Waals surface area contributed by atoms with Crippen molar-refractivity contribution >= 4 is 0 Å². The van der Waals surface area contributed by atoms with Gasteiger partial charge in [-0.05, 0) is 55.1 Å². The smallest absolute Gasteiger partial charge is 0.0790 e. The van der Waals surface area contributed by atoms with Gasteiger partial charge in [-0.25, -0.2) is 0 Å². The van der Waals surface area contributed by atoms with Crippen LogP contribution in [-0.4, -0.2) is 61.5 Å². The van der Waals surface area contributed by atoms with Gasteiger partial charge >= 0.3 is 0 Å². The monoisotopic (exact) mass is 300 g/mol. The van der Waals surface area contributed by atoms with E-state index >= 15 is 0 Å². The first kappa shape index (κ1) is 18.9. The van der Waals surface area contributed by atoms with Crippen molar-refractivity contribution in [3.63, 3.8) is 0 Å². The van der Waals surface area contributed by atoms with E-state index < -0.39 is 0 Å². The van der Waals surface area contributed by atoms with Crippen LogP contribution < -0.4 is 5.32 Å². The molecule has 0 aromatic carbocycles. The summed E-state index contributed by atoms with van der Waals surface area (Å²) in [5.41, 5.74) is -0.233. The highest BCUT2D eigenvalue weighted by Gasteiger charge is 2.53. The molecule has 1 N–H and O–H groups in total. The van der Waals surface area contributed by atoms with Crippen LogP contribution in [0.3, 0.4) is 0 Å². The molecule has 4 heteroatoms. The van der Waals surface area contributed by atoms with Gasteiger partial charge in [0.2, 0.25) is 0 Å². The van der Waals surface area contributed by atoms with Crippen LogP contribution in [0.5, 0.6) is 0 Å². The van der Waals surface area contributed by atoms with Gasteiger partial charge in [-0.15, -0.1) is 0 Å². The minimum absolute atomic E-state index is 0.108. The van der Waals surface area contributed by atoms with Crippen molar-refractivity contribution in [2.75, 3.05) is 33.3 Å². The maximum atomic E-state index is 6.34. The number of hydrogen-bond acceptors (Lipinski definition) is 4. The van der Waals surface area contributed by atoms with E-state index in [2.05, 4.69) is 65.7 Å². The fourth-order valence-electron chi connectivity index (χ4n) is 3.51. The van der Waals surface area contributed by atoms with Crippen LogP contribution in [0.1, 0.15) is 48.5 Å². The number of likely N-dealkylation sites (N-methyl/N-ethyl adjacent to an activating group) is 2. The van der Waals surface area contributed by atoms with Crippen molar-refractivity contribution in [3.8, 4) is 0 Å². The van der Waals surface area contributed by atoms with Crippen molar-refractivity contribution < 1.29 is 9.47 Å². The van der Waals surface area contributed by atoms with Gasteiger partial charge in [-0.1, -0.05) is 6.92 Å². The van der Waals surface area contributed by atoms with E-state index in [0.29, 0.717) is 18.1 Å². The van der Waals surface area contributed by atoms with E-state index in [9.17, 15) is 0 Å². The number of hydrogen-bond donors (Lipinski definition) is 1. The highest BCUT2D eigenvalue weighted by atomic mass is 16.5. The van der Waals surface area contributed by atoms with Crippen LogP contribution in [-0.2, 0) is 9.47 Å². The van der Waals surface area contributed by atoms with Crippen LogP contribution in [0.25, 0.3) is 0 Å². The van der Waals surface area contributed by atoms with E-state index in [0.717, 1.165) is 26.2 Å². The zero-order valence-electron chi connectivity index (χ0n) is 15.3. The van der Waals surface area contributed by atoms with E-state index in [1.165, 1.54) is 0 Å². The second-order valence-corrected chi connectivity index (χ2v) is 7.63. The molecule has 2 unspecified atom stereocenters. The highest BCUT2D eigenvalue weighted by molar-refractivity contribution is 5.05. The SMILES string of the molecule is CCNC1C(CN(C)CCOC(C)C)C(C)(C)OC1(C)C. The van der Waals surface area contributed by atoms with Gasteiger partial charge in [-0.3, -0.25) is 0 Å². The molecule has 1 saturated heterocycles. The third kappa shape index (κ3) is 5.20. The van der Waals surface area contributed by atoms with Gasteiger partial charge in [0.15, 0.2) is 0 Å². The first-order chi connectivity index (χ1) is 9.60. The van der Waals surface area contributed by atoms with Crippen molar-refractivity contribution in [1.82, 2.24) is 10.2 Å². The summed E-state index contributed by atoms with van der Waals surface area (Å²) in [7, 11) is 2.17. The topological polar surface area (TPSA) is 33.7 Å². The van der Waals surface area contributed by atoms with Gasteiger partial charge in [0.1, 0.15) is 0 Å². The minimum atomic E-state index is -0.126. The van der Waals surface area contributed by atoms with E-state index in [1.807, 2.05) is 0 Å². The summed E-state index contributed by atoms with van der Waals surface area (Å²) in [4.78, 5) is 2.36. The maximum Gasteiger partial charge on any atom is 0.0790 e. The first-order valence-electron chi connectivity index (χ1n) is 8.34. The molecule has 0 aromatic rings. The zero-order chi connectivity index (χ0) is 16.3. The Morgan fingerprint density at radius 1 is 1.19 bits per heavy atom. The minimum Gasteiger partial charge on any atom is -0.377 e. The predicted octanol–water partition coefficient (Wildman–Crippen LogP) is 2.52. The molecule has 21 heavy (non-hydrogen) atoms. The van der Waals surface area contributed by atoms with Crippen LogP contribution in [0.15, 0.2) is 0 Å². The first-order valence-corrected chi connectivity index (χ1v) is 8.34. The van der Waals surface area contributed by atoms with Crippen molar-refractivity contribution in [1.29, 1.82) is 0 Å². The molecule has 1 rings (SSSR count). The van der Waals surface area contributed by atoms with Crippen molar-refractivity contribution in [3.05, 3.63) is 0 Å². The average Bonchev–Trinajstić information content (AvgIpc) is 2.47. The molecule has 0 saturated carbocycles. The Morgan fingerprint density at radius 3 is 2.33 bits per heavy atom. The molecule has 126 valence electrons. The number of nitrogens with one attached hydrogen (secondary N) is 1. The summed E-state index contributed by atoms with van der Waals surface area (Å²) in [5.74, 6) is 0.469. The molecule has 1 aliphatic heterocycles. The standard InChI is InChI=1S/C17H36N2O2/c1-9-18-15-14(16(4,5)21-17(15,6)7)12-19(8)10-11-20-13(2)3/h13-15,18H,9-12H2,1-8H3. The fourth-order valence-corrected chi connectivity index (χ4v) is 3.51. The van der Waals surface area contributed by atoms with Crippen LogP contribution in [0.4, 0.5) is 0 Å². The lowest BCUT2D eigenvalue weighted by atomic mass is 9.82. The van der Waals surface area contributed by atoms with Gasteiger partial charge in [0, 0.05) is 25.0 Å². The molecule has 0 spiro atoms. The van der Waals surface area contributed by atoms with Crippen LogP contribution >= 0.6 is 0 Å². The van der Waals surface area contributed by atoms with E-state index in [4.69, 9.17) is 9.47 Å². The summed E-state index contributed by atoms with van der Waals surface area (Å²) in [6.45, 7) is 18.9. The molecule has 1 aliphatic rings. The predicted molar refractivity (Wildman–Crippen MR) is 88.8 cm³/mol. The summed E-state index contributed by atoms with van der Waals surface area (Å²) in [6.07, 6.45) is 0.304. The summed E-state index contributed by atoms with van der Waals surface area (Å²) in [5, 5.41) is 3.64. The number of ether oxygens (including phenoxy) is 2. The molecule has 1 heterocycles. The van der Waals surface area contributed by atoms with E-state index in [1.54, 1.807) is 0 Å². The van der Waals surface area contributed by atoms with Crippen LogP contribution in [0, 0.1) is 5.92 Å². The normalized spacial score (nSPS) is 27.7. The van der Waals surface area contributed by atoms with Crippen molar-refractivity contribution in [2.45, 2.75) is 71.8 Å². The summed E-state index contributed by atoms with van der Waals surface area (Å²) >= 11 is 0. The second kappa shape index (κ2) is 7.40. The third-order valence-corrected chi connectivity index (χ3v) is 4.43. The lowest BCUT2D eigenvalue weighted by Gasteiger charge is -2.33. The molecule has 0 amide bonds. The lowest BCUT2D eigenvalue weighted by Crippen LogP contribution is -2.50. The Bertz CT molecular complexity index is 316. The Morgan fingerprint density at radius 2 is 1.81 bits per heavy atom. The molecular formula is C17H36N2O2. The second-order valence-electron chi connectivity index (χ2n) is 7.63. The highest BCUT2D eigenvalue weighted by Crippen LogP contribution is 2.42. The maximum absolute atomic E-state index is 6.34. The molecule has 4 nitrogen and oxygen atoms in total. The molecule has 2 atom stereocenters. The van der Waals surface area contributed by atoms with Gasteiger partial charge in [0.25, 0.3) is 0 Å². The largest absolute Gasteiger partial charge is 0.377 e. The van der Waals surface area contributed by atoms with Crippen molar-refractivity contribution in [2.24, 2.45) is 5.92 Å². The van der Waals surface area contributed by atoms with Crippen LogP contribution in [0.2, 0.25) is 0 Å². The Labute approximate surface area is 131 Å². The third-order valence-electron chi connectivity index (χ3n) is 4.43.